The molecule has 0 atom stereocenters. The van der Waals surface area contributed by atoms with E-state index in [2.05, 4.69) is 20.8 Å². The molecule has 0 saturated carbocycles. The van der Waals surface area contributed by atoms with Crippen molar-refractivity contribution in [1.29, 1.82) is 0 Å². The zero-order chi connectivity index (χ0) is 14.8. The Labute approximate surface area is 125 Å². The maximum absolute atomic E-state index is 13.2. The minimum atomic E-state index is -4.31. The molecule has 0 radical (unpaired) electrons. The second kappa shape index (κ2) is 6.35. The van der Waals surface area contributed by atoms with Crippen LogP contribution in [-0.4, -0.2) is 38.1 Å². The van der Waals surface area contributed by atoms with Crippen LogP contribution in [0, 0.1) is 0 Å². The van der Waals surface area contributed by atoms with Gasteiger partial charge in [0.15, 0.2) is 0 Å². The number of nitrogens with zero attached hydrogens (tertiary/aromatic N) is 2. The molecule has 1 aliphatic heterocycles. The van der Waals surface area contributed by atoms with Gasteiger partial charge in [0, 0.05) is 30.7 Å². The van der Waals surface area contributed by atoms with Gasteiger partial charge in [-0.05, 0) is 37.7 Å². The lowest BCUT2D eigenvalue weighted by molar-refractivity contribution is -0.137. The van der Waals surface area contributed by atoms with E-state index in [9.17, 15) is 13.2 Å². The van der Waals surface area contributed by atoms with Gasteiger partial charge in [0.25, 0.3) is 0 Å². The third-order valence-corrected chi connectivity index (χ3v) is 4.23. The average Bonchev–Trinajstić information content (AvgIpc) is 2.62. The minimum Gasteiger partial charge on any atom is -0.370 e. The van der Waals surface area contributed by atoms with Crippen molar-refractivity contribution < 1.29 is 13.2 Å². The number of likely N-dealkylation sites (N-methyl/N-ethyl adjacent to an activating group) is 1. The molecule has 2 nitrogen and oxygen atoms in total. The van der Waals surface area contributed by atoms with Gasteiger partial charge in [-0.3, -0.25) is 0 Å². The highest BCUT2D eigenvalue weighted by molar-refractivity contribution is 9.08. The molecule has 1 heterocycles. The predicted octanol–water partition coefficient (Wildman–Crippen LogP) is 3.74. The zero-order valence-corrected chi connectivity index (χ0v) is 13.0. The molecule has 1 aromatic carbocycles. The Morgan fingerprint density at radius 2 is 1.90 bits per heavy atom. The van der Waals surface area contributed by atoms with Crippen molar-refractivity contribution in [3.05, 3.63) is 29.3 Å². The van der Waals surface area contributed by atoms with Gasteiger partial charge < -0.3 is 9.80 Å². The van der Waals surface area contributed by atoms with E-state index in [1.165, 1.54) is 6.07 Å². The quantitative estimate of drug-likeness (QED) is 0.749. The van der Waals surface area contributed by atoms with Gasteiger partial charge in [-0.15, -0.1) is 0 Å². The Kier molecular flexibility index (Phi) is 4.96. The summed E-state index contributed by atoms with van der Waals surface area (Å²) >= 11 is 3.21. The summed E-state index contributed by atoms with van der Waals surface area (Å²) in [5.41, 5.74) is 0.421. The third-order valence-electron chi connectivity index (χ3n) is 3.58. The molecular weight excluding hydrogens is 333 g/mol. The first-order valence-corrected chi connectivity index (χ1v) is 7.73. The highest BCUT2D eigenvalue weighted by Crippen LogP contribution is 2.37. The maximum atomic E-state index is 13.2. The van der Waals surface area contributed by atoms with Crippen LogP contribution in [0.4, 0.5) is 18.9 Å². The predicted molar refractivity (Wildman–Crippen MR) is 78.4 cm³/mol. The van der Waals surface area contributed by atoms with Gasteiger partial charge in [-0.1, -0.05) is 22.0 Å². The second-order valence-electron chi connectivity index (χ2n) is 5.13. The van der Waals surface area contributed by atoms with Crippen LogP contribution in [0.3, 0.4) is 0 Å². The van der Waals surface area contributed by atoms with E-state index in [0.717, 1.165) is 19.5 Å². The zero-order valence-electron chi connectivity index (χ0n) is 11.4. The van der Waals surface area contributed by atoms with Gasteiger partial charge in [0.2, 0.25) is 0 Å². The summed E-state index contributed by atoms with van der Waals surface area (Å²) < 4.78 is 39.7. The van der Waals surface area contributed by atoms with Crippen LogP contribution in [0.2, 0.25) is 0 Å². The van der Waals surface area contributed by atoms with Crippen molar-refractivity contribution in [2.75, 3.05) is 38.1 Å². The molecule has 1 fully saturated rings. The fourth-order valence-corrected chi connectivity index (χ4v) is 2.81. The standard InChI is InChI=1S/C14H18BrF3N2/c1-19-5-2-6-20(8-7-19)13-4-3-11(10-15)9-12(13)14(16,17)18/h3-4,9H,2,5-8,10H2,1H3. The number of benzene rings is 1. The van der Waals surface area contributed by atoms with Crippen LogP contribution in [-0.2, 0) is 11.5 Å². The van der Waals surface area contributed by atoms with Crippen molar-refractivity contribution in [2.45, 2.75) is 17.9 Å². The molecule has 0 spiro atoms. The fourth-order valence-electron chi connectivity index (χ4n) is 2.46. The van der Waals surface area contributed by atoms with Crippen molar-refractivity contribution >= 4 is 21.6 Å². The number of anilines is 1. The smallest absolute Gasteiger partial charge is 0.370 e. The van der Waals surface area contributed by atoms with Gasteiger partial charge >= 0.3 is 6.18 Å². The lowest BCUT2D eigenvalue weighted by Gasteiger charge is -2.26. The Morgan fingerprint density at radius 3 is 2.55 bits per heavy atom. The maximum Gasteiger partial charge on any atom is 0.418 e. The van der Waals surface area contributed by atoms with E-state index in [0.29, 0.717) is 29.7 Å². The number of halogens is 4. The lowest BCUT2D eigenvalue weighted by atomic mass is 10.1. The molecule has 0 unspecified atom stereocenters. The fraction of sp³-hybridized carbons (Fsp3) is 0.571. The van der Waals surface area contributed by atoms with Crippen molar-refractivity contribution in [1.82, 2.24) is 4.90 Å². The number of alkyl halides is 4. The first kappa shape index (κ1) is 15.6. The summed E-state index contributed by atoms with van der Waals surface area (Å²) in [6, 6.07) is 4.61. The van der Waals surface area contributed by atoms with E-state index in [1.807, 2.05) is 11.9 Å². The molecule has 112 valence electrons. The summed E-state index contributed by atoms with van der Waals surface area (Å²) in [5.74, 6) is 0. The Hall–Kier alpha value is -0.750. The van der Waals surface area contributed by atoms with Crippen LogP contribution in [0.15, 0.2) is 18.2 Å². The van der Waals surface area contributed by atoms with E-state index >= 15 is 0 Å². The van der Waals surface area contributed by atoms with Gasteiger partial charge in [0.05, 0.1) is 5.56 Å². The molecule has 1 aliphatic rings. The molecule has 0 bridgehead atoms. The summed E-state index contributed by atoms with van der Waals surface area (Å²) in [6.07, 6.45) is -3.43. The van der Waals surface area contributed by atoms with Crippen LogP contribution >= 0.6 is 15.9 Å². The van der Waals surface area contributed by atoms with Gasteiger partial charge in [-0.2, -0.15) is 13.2 Å². The molecule has 1 aromatic rings. The van der Waals surface area contributed by atoms with Crippen molar-refractivity contribution in [3.8, 4) is 0 Å². The average molecular weight is 351 g/mol. The largest absolute Gasteiger partial charge is 0.418 e. The Morgan fingerprint density at radius 1 is 1.15 bits per heavy atom. The van der Waals surface area contributed by atoms with Crippen LogP contribution in [0.5, 0.6) is 0 Å². The van der Waals surface area contributed by atoms with Crippen LogP contribution in [0.1, 0.15) is 17.5 Å². The SMILES string of the molecule is CN1CCCN(c2ccc(CBr)cc2C(F)(F)F)CC1. The summed E-state index contributed by atoms with van der Waals surface area (Å²) in [7, 11) is 2.00. The molecule has 0 N–H and O–H groups in total. The molecule has 0 amide bonds. The molecule has 6 heteroatoms. The monoisotopic (exact) mass is 350 g/mol. The Balaban J connectivity index is 2.34. The topological polar surface area (TPSA) is 6.48 Å². The lowest BCUT2D eigenvalue weighted by Crippen LogP contribution is -2.30. The highest BCUT2D eigenvalue weighted by atomic mass is 79.9. The van der Waals surface area contributed by atoms with Crippen LogP contribution < -0.4 is 4.90 Å². The number of hydrogen-bond donors (Lipinski definition) is 0. The van der Waals surface area contributed by atoms with E-state index in [1.54, 1.807) is 12.1 Å². The first-order valence-electron chi connectivity index (χ1n) is 6.61. The molecule has 0 aliphatic carbocycles. The molecule has 1 saturated heterocycles. The molecule has 20 heavy (non-hydrogen) atoms. The van der Waals surface area contributed by atoms with Gasteiger partial charge in [-0.25, -0.2) is 0 Å². The number of hydrogen-bond acceptors (Lipinski definition) is 2. The Bertz CT molecular complexity index is 462. The first-order chi connectivity index (χ1) is 9.41. The third kappa shape index (κ3) is 3.67. The van der Waals surface area contributed by atoms with Crippen molar-refractivity contribution in [3.63, 3.8) is 0 Å². The highest BCUT2D eigenvalue weighted by Gasteiger charge is 2.35. The molecule has 0 aromatic heterocycles. The number of rotatable bonds is 2. The summed E-state index contributed by atoms with van der Waals surface area (Å²) in [4.78, 5) is 4.00. The summed E-state index contributed by atoms with van der Waals surface area (Å²) in [6.45, 7) is 3.02. The van der Waals surface area contributed by atoms with Crippen LogP contribution in [0.25, 0.3) is 0 Å². The molecular formula is C14H18BrF3N2. The summed E-state index contributed by atoms with van der Waals surface area (Å²) in [5, 5.41) is 0.430. The minimum absolute atomic E-state index is 0.303. The van der Waals surface area contributed by atoms with Gasteiger partial charge in [0.1, 0.15) is 0 Å². The second-order valence-corrected chi connectivity index (χ2v) is 5.69. The van der Waals surface area contributed by atoms with E-state index < -0.39 is 11.7 Å². The normalized spacial score (nSPS) is 18.1. The van der Waals surface area contributed by atoms with E-state index in [4.69, 9.17) is 0 Å². The van der Waals surface area contributed by atoms with E-state index in [-0.39, 0.29) is 0 Å². The van der Waals surface area contributed by atoms with Crippen molar-refractivity contribution in [2.24, 2.45) is 0 Å². The molecule has 2 rings (SSSR count).